The molecule has 20 heavy (non-hydrogen) atoms. The summed E-state index contributed by atoms with van der Waals surface area (Å²) in [5, 5.41) is 5.09. The van der Waals surface area contributed by atoms with E-state index in [-0.39, 0.29) is 22.1 Å². The monoisotopic (exact) mass is 333 g/mol. The highest BCUT2D eigenvalue weighted by molar-refractivity contribution is 7.88. The fraction of sp³-hybridized carbons (Fsp3) is 0.0909. The highest BCUT2D eigenvalue weighted by Crippen LogP contribution is 2.23. The normalized spacial score (nSPS) is 11.3. The molecule has 1 heterocycles. The van der Waals surface area contributed by atoms with Crippen LogP contribution in [-0.2, 0) is 15.8 Å². The van der Waals surface area contributed by atoms with E-state index in [9.17, 15) is 8.42 Å². The van der Waals surface area contributed by atoms with Gasteiger partial charge in [-0.2, -0.15) is 4.98 Å². The summed E-state index contributed by atoms with van der Waals surface area (Å²) in [6.45, 7) is 0. The lowest BCUT2D eigenvalue weighted by molar-refractivity contribution is 0.461. The summed E-state index contributed by atoms with van der Waals surface area (Å²) < 4.78 is 27.3. The number of primary sulfonamides is 1. The van der Waals surface area contributed by atoms with Gasteiger partial charge in [0.2, 0.25) is 21.2 Å². The van der Waals surface area contributed by atoms with Crippen LogP contribution in [0.5, 0.6) is 11.6 Å². The molecule has 0 unspecified atom stereocenters. The zero-order valence-electron chi connectivity index (χ0n) is 9.95. The van der Waals surface area contributed by atoms with Crippen LogP contribution >= 0.6 is 23.2 Å². The Morgan fingerprint density at radius 2 is 1.80 bits per heavy atom. The Bertz CT molecular complexity index is 700. The number of hydrogen-bond donors (Lipinski definition) is 1. The Balaban J connectivity index is 2.14. The molecule has 6 nitrogen and oxygen atoms in total. The third kappa shape index (κ3) is 4.61. The van der Waals surface area contributed by atoms with Crippen LogP contribution in [0.3, 0.4) is 0 Å². The van der Waals surface area contributed by atoms with Crippen molar-refractivity contribution < 1.29 is 13.2 Å². The number of nitrogens with two attached hydrogens (primary N) is 1. The summed E-state index contributed by atoms with van der Waals surface area (Å²) in [4.78, 5) is 7.53. The largest absolute Gasteiger partial charge is 0.439 e. The molecular formula is C11H9Cl2N3O3S. The minimum Gasteiger partial charge on any atom is -0.439 e. The van der Waals surface area contributed by atoms with Gasteiger partial charge in [-0.25, -0.2) is 18.5 Å². The van der Waals surface area contributed by atoms with Crippen molar-refractivity contribution in [2.24, 2.45) is 5.14 Å². The average Bonchev–Trinajstić information content (AvgIpc) is 2.28. The Morgan fingerprint density at radius 3 is 2.35 bits per heavy atom. The standard InChI is InChI=1S/C11H9Cl2N3O3S/c12-9-5-10(16-11(13)15-9)19-8-3-1-7(2-4-8)6-20(14,17)18/h1-5H,6H2,(H2,14,17,18). The van der Waals surface area contributed by atoms with Crippen molar-refractivity contribution in [3.05, 3.63) is 46.3 Å². The van der Waals surface area contributed by atoms with Crippen LogP contribution in [-0.4, -0.2) is 18.4 Å². The summed E-state index contributed by atoms with van der Waals surface area (Å²) in [6, 6.07) is 7.76. The summed E-state index contributed by atoms with van der Waals surface area (Å²) in [5.74, 6) is 0.404. The molecule has 0 aliphatic rings. The molecule has 2 rings (SSSR count). The number of benzene rings is 1. The average molecular weight is 334 g/mol. The molecule has 0 fully saturated rings. The minimum absolute atomic E-state index is 0.0293. The van der Waals surface area contributed by atoms with Crippen LogP contribution in [0.15, 0.2) is 30.3 Å². The maximum Gasteiger partial charge on any atom is 0.227 e. The number of aromatic nitrogens is 2. The molecule has 0 radical (unpaired) electrons. The van der Waals surface area contributed by atoms with Crippen LogP contribution < -0.4 is 9.88 Å². The number of sulfonamides is 1. The number of rotatable bonds is 4. The van der Waals surface area contributed by atoms with Gasteiger partial charge in [-0.05, 0) is 29.3 Å². The smallest absolute Gasteiger partial charge is 0.227 e. The van der Waals surface area contributed by atoms with Gasteiger partial charge < -0.3 is 4.74 Å². The molecule has 2 aromatic rings. The molecule has 0 aliphatic heterocycles. The van der Waals surface area contributed by atoms with Gasteiger partial charge in [0.1, 0.15) is 10.9 Å². The first-order valence-electron chi connectivity index (χ1n) is 5.29. The second kappa shape index (κ2) is 5.92. The van der Waals surface area contributed by atoms with Gasteiger partial charge in [0.05, 0.1) is 5.75 Å². The topological polar surface area (TPSA) is 95.2 Å². The fourth-order valence-electron chi connectivity index (χ4n) is 1.43. The van der Waals surface area contributed by atoms with Crippen molar-refractivity contribution in [2.45, 2.75) is 5.75 Å². The lowest BCUT2D eigenvalue weighted by atomic mass is 10.2. The predicted molar refractivity (Wildman–Crippen MR) is 75.4 cm³/mol. The molecular weight excluding hydrogens is 325 g/mol. The first-order chi connectivity index (χ1) is 9.32. The molecule has 9 heteroatoms. The zero-order chi connectivity index (χ0) is 14.8. The molecule has 0 amide bonds. The first kappa shape index (κ1) is 15.0. The Morgan fingerprint density at radius 1 is 1.15 bits per heavy atom. The van der Waals surface area contributed by atoms with Crippen molar-refractivity contribution in [3.8, 4) is 11.6 Å². The molecule has 0 saturated heterocycles. The van der Waals surface area contributed by atoms with Crippen molar-refractivity contribution in [2.75, 3.05) is 0 Å². The number of halogens is 2. The SMILES string of the molecule is NS(=O)(=O)Cc1ccc(Oc2cc(Cl)nc(Cl)n2)cc1. The third-order valence-electron chi connectivity index (χ3n) is 2.16. The van der Waals surface area contributed by atoms with Crippen molar-refractivity contribution in [3.63, 3.8) is 0 Å². The molecule has 1 aromatic carbocycles. The van der Waals surface area contributed by atoms with Gasteiger partial charge >= 0.3 is 0 Å². The highest BCUT2D eigenvalue weighted by Gasteiger charge is 2.07. The van der Waals surface area contributed by atoms with Crippen LogP contribution in [0.1, 0.15) is 5.56 Å². The summed E-state index contributed by atoms with van der Waals surface area (Å²) in [5.41, 5.74) is 0.554. The van der Waals surface area contributed by atoms with Gasteiger partial charge in [0.25, 0.3) is 0 Å². The number of hydrogen-bond acceptors (Lipinski definition) is 5. The van der Waals surface area contributed by atoms with Gasteiger partial charge in [-0.3, -0.25) is 0 Å². The molecule has 2 N–H and O–H groups in total. The molecule has 0 bridgehead atoms. The van der Waals surface area contributed by atoms with Crippen molar-refractivity contribution in [1.29, 1.82) is 0 Å². The summed E-state index contributed by atoms with van der Waals surface area (Å²) >= 11 is 11.4. The van der Waals surface area contributed by atoms with E-state index in [0.29, 0.717) is 11.3 Å². The number of nitrogens with zero attached hydrogens (tertiary/aromatic N) is 2. The van der Waals surface area contributed by atoms with E-state index < -0.39 is 10.0 Å². The van der Waals surface area contributed by atoms with Crippen molar-refractivity contribution >= 4 is 33.2 Å². The summed E-state index contributed by atoms with van der Waals surface area (Å²) in [6.07, 6.45) is 0. The van der Waals surface area contributed by atoms with Gasteiger partial charge in [0.15, 0.2) is 0 Å². The molecule has 1 aromatic heterocycles. The Hall–Kier alpha value is -1.41. The minimum atomic E-state index is -3.56. The Kier molecular flexibility index (Phi) is 4.44. The fourth-order valence-corrected chi connectivity index (χ4v) is 2.48. The molecule has 0 aliphatic carbocycles. The molecule has 0 spiro atoms. The second-order valence-electron chi connectivity index (χ2n) is 3.85. The number of ether oxygens (including phenoxy) is 1. The van der Waals surface area contributed by atoms with Crippen LogP contribution in [0, 0.1) is 0 Å². The van der Waals surface area contributed by atoms with Crippen LogP contribution in [0.4, 0.5) is 0 Å². The van der Waals surface area contributed by atoms with Crippen LogP contribution in [0.2, 0.25) is 10.4 Å². The van der Waals surface area contributed by atoms with Gasteiger partial charge in [0, 0.05) is 6.07 Å². The Labute approximate surface area is 125 Å². The lowest BCUT2D eigenvalue weighted by Gasteiger charge is -2.06. The van der Waals surface area contributed by atoms with E-state index >= 15 is 0 Å². The predicted octanol–water partition coefficient (Wildman–Crippen LogP) is 2.36. The second-order valence-corrected chi connectivity index (χ2v) is 6.19. The van der Waals surface area contributed by atoms with Gasteiger partial charge in [-0.1, -0.05) is 23.7 Å². The lowest BCUT2D eigenvalue weighted by Crippen LogP contribution is -2.14. The van der Waals surface area contributed by atoms with E-state index in [2.05, 4.69) is 9.97 Å². The third-order valence-corrected chi connectivity index (χ3v) is 3.26. The van der Waals surface area contributed by atoms with Gasteiger partial charge in [-0.15, -0.1) is 0 Å². The summed E-state index contributed by atoms with van der Waals surface area (Å²) in [7, 11) is -3.56. The maximum absolute atomic E-state index is 11.0. The van der Waals surface area contributed by atoms with E-state index in [1.54, 1.807) is 24.3 Å². The van der Waals surface area contributed by atoms with Crippen LogP contribution in [0.25, 0.3) is 0 Å². The molecule has 106 valence electrons. The van der Waals surface area contributed by atoms with E-state index in [1.807, 2.05) is 0 Å². The highest BCUT2D eigenvalue weighted by atomic mass is 35.5. The molecule has 0 atom stereocenters. The van der Waals surface area contributed by atoms with E-state index in [1.165, 1.54) is 6.07 Å². The van der Waals surface area contributed by atoms with Crippen molar-refractivity contribution in [1.82, 2.24) is 9.97 Å². The maximum atomic E-state index is 11.0. The molecule has 0 saturated carbocycles. The quantitative estimate of drug-likeness (QED) is 0.684. The zero-order valence-corrected chi connectivity index (χ0v) is 12.3. The van der Waals surface area contributed by atoms with E-state index in [0.717, 1.165) is 0 Å². The first-order valence-corrected chi connectivity index (χ1v) is 7.76. The van der Waals surface area contributed by atoms with E-state index in [4.69, 9.17) is 33.1 Å².